The lowest BCUT2D eigenvalue weighted by Gasteiger charge is -2.21. The molecule has 0 saturated carbocycles. The maximum Gasteiger partial charge on any atom is 0.336 e. The number of carboxylic acid groups (broad SMARTS) is 1. The Kier molecular flexibility index (Phi) is 8.53. The number of phosphoric ester groups is 1. The number of carboxylic acids is 1. The molecule has 3 aromatic rings. The number of anilines is 2. The Morgan fingerprint density at radius 2 is 1.58 bits per heavy atom. The standard InChI is InChI=1S/C33H32N3O8P/c1-34(2)22-9-14-26-30(17-22)43-31-18-23(35(3)4)10-15-27(31)32(26)25-13-6-20(16-28(25)33(38)39)29(37)19-36(5)21-7-11-24(12-8-21)44-45(40,41)42/h6-18H,19H2,1-5H3,(H2-,38,39,40,41,42). The van der Waals surface area contributed by atoms with E-state index in [2.05, 4.69) is 4.52 Å². The zero-order chi connectivity index (χ0) is 32.6. The third-order valence-electron chi connectivity index (χ3n) is 7.44. The van der Waals surface area contributed by atoms with Crippen LogP contribution in [0.25, 0.3) is 33.4 Å². The molecule has 0 spiro atoms. The highest BCUT2D eigenvalue weighted by Gasteiger charge is 2.24. The minimum atomic E-state index is -4.94. The summed E-state index contributed by atoms with van der Waals surface area (Å²) >= 11 is 0. The van der Waals surface area contributed by atoms with Crippen molar-refractivity contribution in [3.8, 4) is 28.2 Å². The highest BCUT2D eigenvalue weighted by atomic mass is 31.2. The van der Waals surface area contributed by atoms with Crippen LogP contribution in [-0.2, 0) is 4.57 Å². The lowest BCUT2D eigenvalue weighted by Crippen LogP contribution is -2.25. The number of carbonyl (C=O) groups excluding carboxylic acids is 1. The first-order valence-corrected chi connectivity index (χ1v) is 15.3. The normalized spacial score (nSPS) is 12.5. The second-order valence-electron chi connectivity index (χ2n) is 11.0. The lowest BCUT2D eigenvalue weighted by molar-refractivity contribution is -0.211. The zero-order valence-corrected chi connectivity index (χ0v) is 26.2. The zero-order valence-electron chi connectivity index (χ0n) is 25.3. The molecule has 1 heterocycles. The number of Topliss-reactive ketones (excluding diaryl/α,β-unsaturated/α-hetero) is 1. The number of nitrogens with zero attached hydrogens (tertiary/aromatic N) is 3. The van der Waals surface area contributed by atoms with E-state index in [4.69, 9.17) is 9.31 Å². The summed E-state index contributed by atoms with van der Waals surface area (Å²) in [6.07, 6.45) is 0. The molecule has 0 saturated heterocycles. The van der Waals surface area contributed by atoms with Gasteiger partial charge in [-0.15, -0.1) is 0 Å². The largest absolute Gasteiger partial charge is 0.746 e. The van der Waals surface area contributed by atoms with Crippen molar-refractivity contribution < 1.29 is 38.0 Å². The smallest absolute Gasteiger partial charge is 0.336 e. The van der Waals surface area contributed by atoms with Crippen LogP contribution in [0.3, 0.4) is 0 Å². The van der Waals surface area contributed by atoms with E-state index in [0.29, 0.717) is 28.2 Å². The van der Waals surface area contributed by atoms with E-state index in [0.717, 1.165) is 22.0 Å². The van der Waals surface area contributed by atoms with Crippen LogP contribution in [-0.4, -0.2) is 63.5 Å². The van der Waals surface area contributed by atoms with Gasteiger partial charge in [0.1, 0.15) is 31.2 Å². The average molecular weight is 630 g/mol. The summed E-state index contributed by atoms with van der Waals surface area (Å²) in [6.45, 7) is -0.0879. The van der Waals surface area contributed by atoms with Gasteiger partial charge >= 0.3 is 13.8 Å². The fourth-order valence-corrected chi connectivity index (χ4v) is 5.51. The SMILES string of the molecule is CN(C)c1ccc2c(-c3ccc(C(=O)CN(C)c4ccc(OP(=O)([O-])O)cc4)cc3C(=O)O)c3ccc(=[N+](C)C)cc-3oc2c1. The average Bonchev–Trinajstić information content (AvgIpc) is 2.98. The Morgan fingerprint density at radius 3 is 2.20 bits per heavy atom. The van der Waals surface area contributed by atoms with Gasteiger partial charge in [-0.2, -0.15) is 0 Å². The first kappa shape index (κ1) is 31.5. The van der Waals surface area contributed by atoms with Crippen LogP contribution in [0.5, 0.6) is 5.75 Å². The van der Waals surface area contributed by atoms with Crippen molar-refractivity contribution in [1.82, 2.24) is 4.58 Å². The lowest BCUT2D eigenvalue weighted by atomic mass is 9.89. The Bertz CT molecular complexity index is 2020. The maximum atomic E-state index is 13.3. The van der Waals surface area contributed by atoms with Crippen LogP contribution < -0.4 is 29.1 Å². The second-order valence-corrected chi connectivity index (χ2v) is 12.1. The summed E-state index contributed by atoms with van der Waals surface area (Å²) in [7, 11) is 4.43. The number of rotatable bonds is 9. The molecule has 1 aliphatic heterocycles. The van der Waals surface area contributed by atoms with Gasteiger partial charge in [0.15, 0.2) is 5.78 Å². The molecule has 0 fully saturated rings. The number of fused-ring (bicyclic) bond motifs is 2. The fourth-order valence-electron chi connectivity index (χ4n) is 5.12. The second kappa shape index (κ2) is 12.2. The number of benzene rings is 4. The number of carbonyl (C=O) groups is 2. The van der Waals surface area contributed by atoms with Crippen LogP contribution >= 0.6 is 7.82 Å². The van der Waals surface area contributed by atoms with Gasteiger partial charge < -0.3 is 33.6 Å². The number of hydrogen-bond acceptors (Lipinski definition) is 8. The molecule has 45 heavy (non-hydrogen) atoms. The molecule has 5 rings (SSSR count). The first-order valence-electron chi connectivity index (χ1n) is 13.9. The quantitative estimate of drug-likeness (QED) is 0.105. The third kappa shape index (κ3) is 6.76. The van der Waals surface area contributed by atoms with Crippen LogP contribution in [0.2, 0.25) is 0 Å². The molecule has 2 aliphatic rings. The summed E-state index contributed by atoms with van der Waals surface area (Å²) in [5, 5.41) is 12.0. The first-order chi connectivity index (χ1) is 21.2. The van der Waals surface area contributed by atoms with Crippen LogP contribution in [0.1, 0.15) is 20.7 Å². The summed E-state index contributed by atoms with van der Waals surface area (Å²) in [5.41, 5.74) is 4.13. The third-order valence-corrected chi connectivity index (χ3v) is 7.88. The van der Waals surface area contributed by atoms with Crippen molar-refractivity contribution in [1.29, 1.82) is 0 Å². The molecule has 3 aromatic carbocycles. The van der Waals surface area contributed by atoms with Crippen LogP contribution in [0.4, 0.5) is 11.4 Å². The highest BCUT2D eigenvalue weighted by Crippen LogP contribution is 2.42. The summed E-state index contributed by atoms with van der Waals surface area (Å²) in [6, 6.07) is 22.0. The number of likely N-dealkylation sites (N-methyl/N-ethyl adjacent to an activating group) is 1. The predicted octanol–water partition coefficient (Wildman–Crippen LogP) is 4.16. The van der Waals surface area contributed by atoms with Gasteiger partial charge in [-0.05, 0) is 54.1 Å². The molecule has 1 atom stereocenters. The molecule has 232 valence electrons. The van der Waals surface area contributed by atoms with E-state index in [-0.39, 0.29) is 29.2 Å². The number of ketones is 1. The summed E-state index contributed by atoms with van der Waals surface area (Å²) in [4.78, 5) is 49.5. The minimum absolute atomic E-state index is 0.0294. The summed E-state index contributed by atoms with van der Waals surface area (Å²) in [5.74, 6) is -0.993. The molecule has 0 amide bonds. The van der Waals surface area contributed by atoms with E-state index >= 15 is 0 Å². The molecule has 12 heteroatoms. The van der Waals surface area contributed by atoms with Crippen molar-refractivity contribution in [3.63, 3.8) is 0 Å². The number of hydrogen-bond donors (Lipinski definition) is 2. The topological polar surface area (TPSA) is 147 Å². The molecule has 1 aliphatic carbocycles. The number of aromatic carboxylic acids is 1. The van der Waals surface area contributed by atoms with Crippen molar-refractivity contribution in [3.05, 3.63) is 95.3 Å². The highest BCUT2D eigenvalue weighted by molar-refractivity contribution is 7.45. The van der Waals surface area contributed by atoms with Gasteiger partial charge in [-0.25, -0.2) is 9.37 Å². The Labute approximate surface area is 259 Å². The molecule has 0 bridgehead atoms. The minimum Gasteiger partial charge on any atom is -0.746 e. The molecule has 11 nitrogen and oxygen atoms in total. The molecule has 1 unspecified atom stereocenters. The molecular weight excluding hydrogens is 597 g/mol. The van der Waals surface area contributed by atoms with E-state index in [1.807, 2.05) is 74.1 Å². The Balaban J connectivity index is 1.56. The van der Waals surface area contributed by atoms with E-state index in [9.17, 15) is 24.2 Å². The predicted molar refractivity (Wildman–Crippen MR) is 171 cm³/mol. The molecule has 2 N–H and O–H groups in total. The van der Waals surface area contributed by atoms with Gasteiger partial charge in [0.2, 0.25) is 5.36 Å². The van der Waals surface area contributed by atoms with Crippen LogP contribution in [0.15, 0.2) is 83.3 Å². The van der Waals surface area contributed by atoms with Gasteiger partial charge in [0, 0.05) is 66.7 Å². The van der Waals surface area contributed by atoms with Gasteiger partial charge in [0.05, 0.1) is 18.2 Å². The van der Waals surface area contributed by atoms with Gasteiger partial charge in [0.25, 0.3) is 0 Å². The molecular formula is C33H32N3O8P. The fraction of sp³-hybridized carbons (Fsp3) is 0.182. The van der Waals surface area contributed by atoms with Crippen LogP contribution in [0, 0.1) is 0 Å². The van der Waals surface area contributed by atoms with E-state index in [1.54, 1.807) is 24.1 Å². The maximum absolute atomic E-state index is 13.3. The molecule has 0 radical (unpaired) electrons. The van der Waals surface area contributed by atoms with Crippen molar-refractivity contribution in [2.45, 2.75) is 0 Å². The van der Waals surface area contributed by atoms with E-state index < -0.39 is 13.8 Å². The molecule has 0 aromatic heterocycles. The van der Waals surface area contributed by atoms with Crippen molar-refractivity contribution in [2.24, 2.45) is 0 Å². The Hall–Kier alpha value is -4.96. The monoisotopic (exact) mass is 629 g/mol. The van der Waals surface area contributed by atoms with Crippen molar-refractivity contribution >= 4 is 41.9 Å². The van der Waals surface area contributed by atoms with Gasteiger partial charge in [-0.3, -0.25) is 9.36 Å². The Morgan fingerprint density at radius 1 is 0.911 bits per heavy atom. The van der Waals surface area contributed by atoms with E-state index in [1.165, 1.54) is 30.3 Å². The number of phosphoric acid groups is 1. The van der Waals surface area contributed by atoms with Gasteiger partial charge in [-0.1, -0.05) is 12.1 Å². The summed E-state index contributed by atoms with van der Waals surface area (Å²) < 4.78 is 23.7. The van der Waals surface area contributed by atoms with Crippen molar-refractivity contribution in [2.75, 3.05) is 51.6 Å².